The Morgan fingerprint density at radius 2 is 1.81 bits per heavy atom. The quantitative estimate of drug-likeness (QED) is 0.602. The van der Waals surface area contributed by atoms with Gasteiger partial charge in [0.25, 0.3) is 0 Å². The number of rotatable bonds is 5. The average Bonchev–Trinajstić information content (AvgIpc) is 2.58. The van der Waals surface area contributed by atoms with Crippen LogP contribution in [-0.4, -0.2) is 10.3 Å². The lowest BCUT2D eigenvalue weighted by Gasteiger charge is -2.16. The van der Waals surface area contributed by atoms with Crippen molar-refractivity contribution in [1.29, 1.82) is 0 Å². The van der Waals surface area contributed by atoms with E-state index in [9.17, 15) is 0 Å². The zero-order chi connectivity index (χ0) is 18.5. The molecule has 1 aliphatic rings. The smallest absolute Gasteiger partial charge is 0.197 e. The van der Waals surface area contributed by atoms with Gasteiger partial charge in [0.05, 0.1) is 10.7 Å². The summed E-state index contributed by atoms with van der Waals surface area (Å²) in [6.07, 6.45) is 1.76. The van der Waals surface area contributed by atoms with E-state index >= 15 is 0 Å². The number of hydrogen-bond acceptors (Lipinski definition) is 4. The molecule has 0 saturated heterocycles. The van der Waals surface area contributed by atoms with Gasteiger partial charge in [0.1, 0.15) is 0 Å². The van der Waals surface area contributed by atoms with E-state index in [4.69, 9.17) is 34.8 Å². The van der Waals surface area contributed by atoms with E-state index in [0.717, 1.165) is 27.1 Å². The van der Waals surface area contributed by atoms with Crippen LogP contribution in [0.3, 0.4) is 0 Å². The van der Waals surface area contributed by atoms with Crippen LogP contribution in [0, 0.1) is 0 Å². The number of halogens is 3. The SMILES string of the molecule is C/C(=C\N=C1N=C(Nc2ccc(Cl)cc2Cl)S1)NCc1ccc(Cl)cc1. The van der Waals surface area contributed by atoms with E-state index in [0.29, 0.717) is 21.8 Å². The average molecular weight is 426 g/mol. The number of nitrogens with one attached hydrogen (secondary N) is 2. The van der Waals surface area contributed by atoms with E-state index < -0.39 is 0 Å². The highest BCUT2D eigenvalue weighted by molar-refractivity contribution is 8.29. The number of allylic oxidation sites excluding steroid dienone is 1. The molecule has 2 aromatic carbocycles. The molecule has 1 aliphatic heterocycles. The second-order valence-electron chi connectivity index (χ2n) is 5.47. The fourth-order valence-electron chi connectivity index (χ4n) is 2.04. The number of benzene rings is 2. The van der Waals surface area contributed by atoms with Crippen LogP contribution in [0.15, 0.2) is 64.3 Å². The van der Waals surface area contributed by atoms with E-state index in [-0.39, 0.29) is 0 Å². The van der Waals surface area contributed by atoms with Crippen LogP contribution < -0.4 is 10.6 Å². The maximum Gasteiger partial charge on any atom is 0.197 e. The number of nitrogens with zero attached hydrogens (tertiary/aromatic N) is 2. The molecule has 134 valence electrons. The molecule has 1 heterocycles. The molecule has 0 saturated carbocycles. The summed E-state index contributed by atoms with van der Waals surface area (Å²) in [6, 6.07) is 13.0. The second kappa shape index (κ2) is 8.82. The Morgan fingerprint density at radius 1 is 1.12 bits per heavy atom. The topological polar surface area (TPSA) is 48.8 Å². The molecule has 26 heavy (non-hydrogen) atoms. The molecule has 4 nitrogen and oxygen atoms in total. The van der Waals surface area contributed by atoms with Crippen molar-refractivity contribution < 1.29 is 0 Å². The van der Waals surface area contributed by atoms with Gasteiger partial charge in [-0.25, -0.2) is 4.99 Å². The summed E-state index contributed by atoms with van der Waals surface area (Å²) in [5, 5.41) is 9.74. The molecule has 0 atom stereocenters. The van der Waals surface area contributed by atoms with Gasteiger partial charge in [0.15, 0.2) is 10.3 Å². The molecule has 2 aromatic rings. The van der Waals surface area contributed by atoms with Crippen molar-refractivity contribution in [1.82, 2.24) is 5.32 Å². The molecule has 0 radical (unpaired) electrons. The first kappa shape index (κ1) is 19.1. The first-order chi connectivity index (χ1) is 12.5. The largest absolute Gasteiger partial charge is 0.383 e. The van der Waals surface area contributed by atoms with E-state index in [1.807, 2.05) is 37.3 Å². The lowest BCUT2D eigenvalue weighted by molar-refractivity contribution is 0.808. The van der Waals surface area contributed by atoms with Gasteiger partial charge in [-0.3, -0.25) is 0 Å². The van der Waals surface area contributed by atoms with Gasteiger partial charge in [0.2, 0.25) is 0 Å². The predicted octanol–water partition coefficient (Wildman–Crippen LogP) is 6.17. The van der Waals surface area contributed by atoms with Gasteiger partial charge in [-0.2, -0.15) is 4.99 Å². The summed E-state index contributed by atoms with van der Waals surface area (Å²) in [5.41, 5.74) is 2.86. The van der Waals surface area contributed by atoms with Crippen molar-refractivity contribution in [3.05, 3.63) is 75.0 Å². The van der Waals surface area contributed by atoms with Crippen LogP contribution in [-0.2, 0) is 6.54 Å². The highest BCUT2D eigenvalue weighted by Crippen LogP contribution is 2.29. The third-order valence-corrected chi connectivity index (χ3v) is 4.98. The van der Waals surface area contributed by atoms with Crippen LogP contribution in [0.2, 0.25) is 15.1 Å². The summed E-state index contributed by atoms with van der Waals surface area (Å²) in [5.74, 6) is 0. The van der Waals surface area contributed by atoms with Crippen molar-refractivity contribution in [3.63, 3.8) is 0 Å². The van der Waals surface area contributed by atoms with Gasteiger partial charge < -0.3 is 10.6 Å². The maximum atomic E-state index is 6.12. The number of aliphatic imine (C=N–C) groups is 2. The highest BCUT2D eigenvalue weighted by Gasteiger charge is 2.18. The molecular weight excluding hydrogens is 411 g/mol. The molecule has 2 N–H and O–H groups in total. The number of anilines is 1. The number of amidine groups is 2. The van der Waals surface area contributed by atoms with Crippen LogP contribution in [0.25, 0.3) is 0 Å². The molecule has 3 rings (SSSR count). The summed E-state index contributed by atoms with van der Waals surface area (Å²) >= 11 is 19.3. The predicted molar refractivity (Wildman–Crippen MR) is 115 cm³/mol. The molecule has 0 aliphatic carbocycles. The lowest BCUT2D eigenvalue weighted by atomic mass is 10.2. The minimum Gasteiger partial charge on any atom is -0.383 e. The Bertz CT molecular complexity index is 892. The molecule has 0 aromatic heterocycles. The molecule has 0 bridgehead atoms. The first-order valence-corrected chi connectivity index (χ1v) is 9.66. The Morgan fingerprint density at radius 3 is 2.50 bits per heavy atom. The van der Waals surface area contributed by atoms with Crippen molar-refractivity contribution in [3.8, 4) is 0 Å². The Hall–Kier alpha value is -1.66. The van der Waals surface area contributed by atoms with Crippen molar-refractivity contribution >= 4 is 62.6 Å². The monoisotopic (exact) mass is 424 g/mol. The molecule has 0 fully saturated rings. The van der Waals surface area contributed by atoms with E-state index in [1.165, 1.54) is 11.8 Å². The zero-order valence-corrected chi connectivity index (χ0v) is 16.8. The van der Waals surface area contributed by atoms with Crippen molar-refractivity contribution in [2.45, 2.75) is 13.5 Å². The highest BCUT2D eigenvalue weighted by atomic mass is 35.5. The van der Waals surface area contributed by atoms with Gasteiger partial charge in [-0.15, -0.1) is 0 Å². The van der Waals surface area contributed by atoms with Crippen molar-refractivity contribution in [2.75, 3.05) is 5.32 Å². The van der Waals surface area contributed by atoms with Crippen LogP contribution >= 0.6 is 46.6 Å². The molecule has 0 amide bonds. The van der Waals surface area contributed by atoms with Crippen LogP contribution in [0.5, 0.6) is 0 Å². The summed E-state index contributed by atoms with van der Waals surface area (Å²) in [4.78, 5) is 8.66. The molecule has 0 unspecified atom stereocenters. The Balaban J connectivity index is 1.51. The normalized spacial score (nSPS) is 15.5. The van der Waals surface area contributed by atoms with Crippen LogP contribution in [0.1, 0.15) is 12.5 Å². The third-order valence-electron chi connectivity index (χ3n) is 3.41. The minimum absolute atomic E-state index is 0.549. The zero-order valence-electron chi connectivity index (χ0n) is 13.8. The standard InChI is InChI=1S/C18H15Cl3N4S/c1-11(22-10-12-2-4-13(19)5-3-12)9-23-17-25-18(26-17)24-16-7-6-14(20)8-15(16)21/h2-9,22H,10H2,1H3,(H,23,24,25)/b11-9+. The fraction of sp³-hybridized carbons (Fsp3) is 0.111. The molecule has 8 heteroatoms. The van der Waals surface area contributed by atoms with Gasteiger partial charge in [0, 0.05) is 28.5 Å². The molecule has 0 spiro atoms. The van der Waals surface area contributed by atoms with Gasteiger partial charge >= 0.3 is 0 Å². The maximum absolute atomic E-state index is 6.12. The third kappa shape index (κ3) is 5.42. The summed E-state index contributed by atoms with van der Waals surface area (Å²) < 4.78 is 0. The van der Waals surface area contributed by atoms with Crippen molar-refractivity contribution in [2.24, 2.45) is 9.98 Å². The van der Waals surface area contributed by atoms with E-state index in [1.54, 1.807) is 18.3 Å². The summed E-state index contributed by atoms with van der Waals surface area (Å²) in [7, 11) is 0. The van der Waals surface area contributed by atoms with E-state index in [2.05, 4.69) is 20.6 Å². The van der Waals surface area contributed by atoms with Gasteiger partial charge in [-0.1, -0.05) is 46.9 Å². The number of hydrogen-bond donors (Lipinski definition) is 2. The fourth-order valence-corrected chi connectivity index (χ4v) is 3.19. The van der Waals surface area contributed by atoms with Crippen LogP contribution in [0.4, 0.5) is 5.69 Å². The second-order valence-corrected chi connectivity index (χ2v) is 7.71. The summed E-state index contributed by atoms with van der Waals surface area (Å²) in [6.45, 7) is 2.67. The minimum atomic E-state index is 0.549. The lowest BCUT2D eigenvalue weighted by Crippen LogP contribution is -2.19. The first-order valence-electron chi connectivity index (χ1n) is 7.71. The Kier molecular flexibility index (Phi) is 6.48. The van der Waals surface area contributed by atoms with Gasteiger partial charge in [-0.05, 0) is 54.6 Å². The number of thioether (sulfide) groups is 1. The molecular formula is C18H15Cl3N4S. The Labute approximate surface area is 171 Å².